The van der Waals surface area contributed by atoms with E-state index in [1.54, 1.807) is 17.8 Å². The van der Waals surface area contributed by atoms with Crippen molar-refractivity contribution >= 4 is 35.3 Å². The zero-order valence-corrected chi connectivity index (χ0v) is 15.1. The fourth-order valence-corrected chi connectivity index (χ4v) is 3.39. The molecule has 136 valence electrons. The quantitative estimate of drug-likeness (QED) is 0.711. The zero-order valence-electron chi connectivity index (χ0n) is 14.3. The first kappa shape index (κ1) is 19.1. The van der Waals surface area contributed by atoms with Gasteiger partial charge in [-0.25, -0.2) is 4.79 Å². The van der Waals surface area contributed by atoms with Gasteiger partial charge in [-0.05, 0) is 31.0 Å². The van der Waals surface area contributed by atoms with Crippen LogP contribution in [0.2, 0.25) is 0 Å². The van der Waals surface area contributed by atoms with Crippen LogP contribution >= 0.6 is 11.8 Å². The summed E-state index contributed by atoms with van der Waals surface area (Å²) in [5.41, 5.74) is 1.49. The van der Waals surface area contributed by atoms with Gasteiger partial charge in [0.05, 0.1) is 14.2 Å². The molecule has 8 heteroatoms. The molecule has 2 N–H and O–H groups in total. The topological polar surface area (TPSA) is 93.7 Å². The van der Waals surface area contributed by atoms with Crippen LogP contribution in [-0.4, -0.2) is 50.4 Å². The Balaban J connectivity index is 2.00. The number of nitrogens with one attached hydrogen (secondary N) is 2. The molecule has 0 bridgehead atoms. The Kier molecular flexibility index (Phi) is 7.12. The lowest BCUT2D eigenvalue weighted by atomic mass is 10.1. The Morgan fingerprint density at radius 1 is 1.28 bits per heavy atom. The van der Waals surface area contributed by atoms with E-state index in [9.17, 15) is 14.4 Å². The van der Waals surface area contributed by atoms with E-state index in [1.807, 2.05) is 12.1 Å². The number of hydrogen-bond acceptors (Lipinski definition) is 7. The van der Waals surface area contributed by atoms with E-state index in [2.05, 4.69) is 15.4 Å². The van der Waals surface area contributed by atoms with Crippen molar-refractivity contribution in [3.05, 3.63) is 23.8 Å². The zero-order chi connectivity index (χ0) is 18.2. The summed E-state index contributed by atoms with van der Waals surface area (Å²) in [4.78, 5) is 36.6. The van der Waals surface area contributed by atoms with Crippen LogP contribution in [-0.2, 0) is 19.1 Å². The second-order valence-electron chi connectivity index (χ2n) is 5.50. The van der Waals surface area contributed by atoms with Gasteiger partial charge in [0.1, 0.15) is 6.04 Å². The number of benzene rings is 1. The lowest BCUT2D eigenvalue weighted by Crippen LogP contribution is -2.41. The monoisotopic (exact) mass is 366 g/mol. The van der Waals surface area contributed by atoms with Gasteiger partial charge in [-0.1, -0.05) is 0 Å². The molecular formula is C17H22N2O5S. The van der Waals surface area contributed by atoms with Crippen molar-refractivity contribution in [2.24, 2.45) is 0 Å². The number of hydrogen-bond donors (Lipinski definition) is 2. The Hall–Kier alpha value is -2.22. The van der Waals surface area contributed by atoms with Crippen molar-refractivity contribution in [3.8, 4) is 0 Å². The maximum atomic E-state index is 12.5. The van der Waals surface area contributed by atoms with Crippen molar-refractivity contribution in [3.63, 3.8) is 0 Å². The maximum absolute atomic E-state index is 12.5. The molecule has 0 fully saturated rings. The van der Waals surface area contributed by atoms with Crippen molar-refractivity contribution in [2.45, 2.75) is 30.2 Å². The number of anilines is 1. The van der Waals surface area contributed by atoms with Gasteiger partial charge < -0.3 is 20.1 Å². The molecule has 0 saturated heterocycles. The Bertz CT molecular complexity index is 650. The minimum Gasteiger partial charge on any atom is -0.469 e. The van der Waals surface area contributed by atoms with Crippen LogP contribution in [0.4, 0.5) is 5.69 Å². The molecule has 1 aliphatic rings. The standard InChI is InChI=1S/C17H22N2O5S/c1-23-15(20)5-3-4-13(17(22)24-2)19-16(21)11-6-7-12-14(10-11)25-9-8-18-12/h6-7,10,13,18H,3-5,8-9H2,1-2H3,(H,19,21). The fourth-order valence-electron chi connectivity index (χ4n) is 2.46. The van der Waals surface area contributed by atoms with Gasteiger partial charge in [0, 0.05) is 34.9 Å². The highest BCUT2D eigenvalue weighted by molar-refractivity contribution is 7.99. The van der Waals surface area contributed by atoms with Crippen LogP contribution in [0.25, 0.3) is 0 Å². The van der Waals surface area contributed by atoms with Gasteiger partial charge in [-0.3, -0.25) is 9.59 Å². The number of fused-ring (bicyclic) bond motifs is 1. The minimum atomic E-state index is -0.802. The second kappa shape index (κ2) is 9.31. The van der Waals surface area contributed by atoms with E-state index >= 15 is 0 Å². The van der Waals surface area contributed by atoms with E-state index in [1.165, 1.54) is 14.2 Å². The minimum absolute atomic E-state index is 0.182. The molecular weight excluding hydrogens is 344 g/mol. The highest BCUT2D eigenvalue weighted by atomic mass is 32.2. The summed E-state index contributed by atoms with van der Waals surface area (Å²) in [5.74, 6) is -0.292. The van der Waals surface area contributed by atoms with Gasteiger partial charge in [0.2, 0.25) is 0 Å². The molecule has 25 heavy (non-hydrogen) atoms. The molecule has 0 aliphatic carbocycles. The summed E-state index contributed by atoms with van der Waals surface area (Å²) >= 11 is 1.68. The molecule has 1 aromatic rings. The number of amides is 1. The number of carbonyl (C=O) groups excluding carboxylic acids is 3. The van der Waals surface area contributed by atoms with Crippen LogP contribution < -0.4 is 10.6 Å². The number of carbonyl (C=O) groups is 3. The highest BCUT2D eigenvalue weighted by Crippen LogP contribution is 2.31. The van der Waals surface area contributed by atoms with Crippen LogP contribution in [0.1, 0.15) is 29.6 Å². The van der Waals surface area contributed by atoms with Crippen LogP contribution in [0.15, 0.2) is 23.1 Å². The van der Waals surface area contributed by atoms with Gasteiger partial charge in [-0.2, -0.15) is 0 Å². The molecule has 2 rings (SSSR count). The molecule has 1 heterocycles. The molecule has 1 unspecified atom stereocenters. The molecule has 1 amide bonds. The summed E-state index contributed by atoms with van der Waals surface area (Å²) in [7, 11) is 2.58. The summed E-state index contributed by atoms with van der Waals surface area (Å²) in [6, 6.07) is 4.59. The molecule has 1 aromatic carbocycles. The van der Waals surface area contributed by atoms with Gasteiger partial charge in [0.25, 0.3) is 5.91 Å². The number of ether oxygens (including phenoxy) is 2. The molecule has 1 atom stereocenters. The van der Waals surface area contributed by atoms with Crippen molar-refractivity contribution in [1.29, 1.82) is 0 Å². The highest BCUT2D eigenvalue weighted by Gasteiger charge is 2.23. The number of thioether (sulfide) groups is 1. The molecule has 1 aliphatic heterocycles. The smallest absolute Gasteiger partial charge is 0.328 e. The maximum Gasteiger partial charge on any atom is 0.328 e. The Morgan fingerprint density at radius 2 is 2.08 bits per heavy atom. The number of methoxy groups -OCH3 is 2. The van der Waals surface area contributed by atoms with Gasteiger partial charge in [-0.15, -0.1) is 11.8 Å². The first-order valence-electron chi connectivity index (χ1n) is 8.01. The molecule has 0 radical (unpaired) electrons. The van der Waals surface area contributed by atoms with E-state index in [-0.39, 0.29) is 18.3 Å². The molecule has 0 saturated carbocycles. The average molecular weight is 366 g/mol. The van der Waals surface area contributed by atoms with Crippen molar-refractivity contribution in [2.75, 3.05) is 31.8 Å². The summed E-state index contributed by atoms with van der Waals surface area (Å²) in [6.07, 6.45) is 0.895. The van der Waals surface area contributed by atoms with Crippen LogP contribution in [0, 0.1) is 0 Å². The SMILES string of the molecule is COC(=O)CCCC(NC(=O)c1ccc2c(c1)SCCN2)C(=O)OC. The van der Waals surface area contributed by atoms with E-state index in [4.69, 9.17) is 4.74 Å². The third-order valence-electron chi connectivity index (χ3n) is 3.81. The third kappa shape index (κ3) is 5.38. The Morgan fingerprint density at radius 3 is 2.80 bits per heavy atom. The molecule has 0 spiro atoms. The first-order valence-corrected chi connectivity index (χ1v) is 9.00. The largest absolute Gasteiger partial charge is 0.469 e. The van der Waals surface area contributed by atoms with E-state index in [0.717, 1.165) is 22.9 Å². The predicted molar refractivity (Wildman–Crippen MR) is 94.8 cm³/mol. The lowest BCUT2D eigenvalue weighted by Gasteiger charge is -2.19. The van der Waals surface area contributed by atoms with Crippen LogP contribution in [0.5, 0.6) is 0 Å². The Labute approximate surface area is 150 Å². The van der Waals surface area contributed by atoms with E-state index < -0.39 is 12.0 Å². The second-order valence-corrected chi connectivity index (χ2v) is 6.64. The van der Waals surface area contributed by atoms with Crippen molar-refractivity contribution < 1.29 is 23.9 Å². The molecule has 7 nitrogen and oxygen atoms in total. The third-order valence-corrected chi connectivity index (χ3v) is 4.87. The fraction of sp³-hybridized carbons (Fsp3) is 0.471. The van der Waals surface area contributed by atoms with Crippen molar-refractivity contribution in [1.82, 2.24) is 5.32 Å². The molecule has 0 aromatic heterocycles. The number of rotatable bonds is 7. The van der Waals surface area contributed by atoms with Gasteiger partial charge in [0.15, 0.2) is 0 Å². The summed E-state index contributed by atoms with van der Waals surface area (Å²) in [6.45, 7) is 0.897. The van der Waals surface area contributed by atoms with E-state index in [0.29, 0.717) is 18.4 Å². The summed E-state index contributed by atoms with van der Waals surface area (Å²) in [5, 5.41) is 5.96. The summed E-state index contributed by atoms with van der Waals surface area (Å²) < 4.78 is 9.31. The lowest BCUT2D eigenvalue weighted by molar-refractivity contribution is -0.144. The normalized spacial score (nSPS) is 13.8. The first-order chi connectivity index (χ1) is 12.0. The van der Waals surface area contributed by atoms with Gasteiger partial charge >= 0.3 is 11.9 Å². The van der Waals surface area contributed by atoms with Crippen LogP contribution in [0.3, 0.4) is 0 Å². The predicted octanol–water partition coefficient (Wildman–Crippen LogP) is 1.82. The average Bonchev–Trinajstić information content (AvgIpc) is 2.65. The number of esters is 2.